The van der Waals surface area contributed by atoms with E-state index < -0.39 is 11.9 Å². The lowest BCUT2D eigenvalue weighted by atomic mass is 10.1. The van der Waals surface area contributed by atoms with Crippen molar-refractivity contribution in [2.75, 3.05) is 6.54 Å². The molecule has 0 fully saturated rings. The maximum Gasteiger partial charge on any atom is 0.303 e. The number of benzene rings is 4. The third kappa shape index (κ3) is 14.9. The predicted octanol–water partition coefficient (Wildman–Crippen LogP) is 11.9. The number of carbonyl (C=O) groups is 2. The molecule has 0 aliphatic rings. The van der Waals surface area contributed by atoms with Crippen LogP contribution in [0.1, 0.15) is 85.6 Å². The molecule has 4 aromatic heterocycles. The molecule has 0 aliphatic heterocycles. The summed E-state index contributed by atoms with van der Waals surface area (Å²) in [6, 6.07) is 39.2. The molecule has 0 aliphatic carbocycles. The largest absolute Gasteiger partial charge is 0.483 e. The molecule has 0 bridgehead atoms. The molecule has 0 saturated heterocycles. The lowest BCUT2D eigenvalue weighted by Crippen LogP contribution is -2.14. The van der Waals surface area contributed by atoms with Gasteiger partial charge in [-0.15, -0.1) is 0 Å². The average Bonchev–Trinajstić information content (AvgIpc) is 3.92. The molecule has 13 nitrogen and oxygen atoms in total. The lowest BCUT2D eigenvalue weighted by Gasteiger charge is -2.15. The van der Waals surface area contributed by atoms with Gasteiger partial charge in [0, 0.05) is 54.7 Å². The second-order valence-electron chi connectivity index (χ2n) is 15.2. The fraction of sp³-hybridized carbons (Fsp3) is 0.255. The Hall–Kier alpha value is -6.80. The van der Waals surface area contributed by atoms with Gasteiger partial charge in [0.1, 0.15) is 23.7 Å². The van der Waals surface area contributed by atoms with Crippen molar-refractivity contribution >= 4 is 57.1 Å². The van der Waals surface area contributed by atoms with Crippen LogP contribution in [0.4, 0.5) is 0 Å². The van der Waals surface area contributed by atoms with Crippen LogP contribution in [-0.4, -0.2) is 49.0 Å². The summed E-state index contributed by atoms with van der Waals surface area (Å²) in [6.07, 6.45) is 7.04. The number of aliphatic carboxylic acids is 2. The number of hydrogen-bond donors (Lipinski definition) is 3. The molecular formula is C51H51Cl2N5O8. The highest BCUT2D eigenvalue weighted by atomic mass is 35.5. The van der Waals surface area contributed by atoms with E-state index in [0.29, 0.717) is 54.9 Å². The molecule has 0 amide bonds. The van der Waals surface area contributed by atoms with E-state index >= 15 is 0 Å². The van der Waals surface area contributed by atoms with Crippen LogP contribution in [0.15, 0.2) is 143 Å². The third-order valence-electron chi connectivity index (χ3n) is 10.2. The normalized spacial score (nSPS) is 11.8. The molecule has 8 rings (SSSR count). The number of nitrogens with zero attached hydrogens (tertiary/aromatic N) is 4. The van der Waals surface area contributed by atoms with Crippen LogP contribution in [0.5, 0.6) is 11.5 Å². The summed E-state index contributed by atoms with van der Waals surface area (Å²) in [5.74, 6) is -0.853. The van der Waals surface area contributed by atoms with Crippen LogP contribution in [0, 0.1) is 0 Å². The zero-order valence-corrected chi connectivity index (χ0v) is 38.1. The van der Waals surface area contributed by atoms with Gasteiger partial charge in [0.25, 0.3) is 0 Å². The number of fused-ring (bicyclic) bond motifs is 2. The second kappa shape index (κ2) is 25.0. The monoisotopic (exact) mass is 931 g/mol. The number of aromatic nitrogens is 4. The second-order valence-corrected chi connectivity index (χ2v) is 16.1. The fourth-order valence-electron chi connectivity index (χ4n) is 6.76. The number of hydrogen-bond acceptors (Lipinski definition) is 11. The average molecular weight is 933 g/mol. The van der Waals surface area contributed by atoms with Crippen LogP contribution in [0.2, 0.25) is 10.0 Å². The molecule has 3 N–H and O–H groups in total. The van der Waals surface area contributed by atoms with E-state index in [4.69, 9.17) is 51.9 Å². The standard InChI is InChI=1S/2C17H15ClN2O4.C17H21N/c2*1-10(13-4-2-3-7-19-13)23-16-9-15-11(8-12(16)18)14(20-24-15)5-6-17(21)22;1-3-9-16(10-4-1)11-7-8-14-18-15-17-12-5-2-6-13-17/h2*2-4,7-10H,5-6H2,1H3,(H,21,22);1-6,9-10,12-13,18H,7-8,11,14-15H2/t2*10-;/m11./s1. The van der Waals surface area contributed by atoms with Crippen molar-refractivity contribution < 1.29 is 38.3 Å². The van der Waals surface area contributed by atoms with Crippen LogP contribution in [0.3, 0.4) is 0 Å². The van der Waals surface area contributed by atoms with Gasteiger partial charge in [-0.2, -0.15) is 0 Å². The highest BCUT2D eigenvalue weighted by Crippen LogP contribution is 2.36. The van der Waals surface area contributed by atoms with E-state index in [-0.39, 0.29) is 37.9 Å². The van der Waals surface area contributed by atoms with Gasteiger partial charge in [-0.25, -0.2) is 0 Å². The van der Waals surface area contributed by atoms with E-state index in [9.17, 15) is 9.59 Å². The van der Waals surface area contributed by atoms with Gasteiger partial charge in [0.2, 0.25) is 0 Å². The van der Waals surface area contributed by atoms with E-state index in [1.54, 1.807) is 36.7 Å². The van der Waals surface area contributed by atoms with Gasteiger partial charge in [-0.05, 0) is 87.2 Å². The number of pyridine rings is 2. The van der Waals surface area contributed by atoms with E-state index in [0.717, 1.165) is 24.5 Å². The predicted molar refractivity (Wildman–Crippen MR) is 254 cm³/mol. The Kier molecular flexibility index (Phi) is 18.5. The maximum absolute atomic E-state index is 10.7. The highest BCUT2D eigenvalue weighted by Gasteiger charge is 2.18. The topological polar surface area (TPSA) is 183 Å². The molecular weight excluding hydrogens is 881 g/mol. The SMILES string of the molecule is C[C@@H](Oc1cc2onc(CCC(=O)O)c2cc1Cl)c1ccccn1.C[C@@H](Oc1cc2onc(CCC(=O)O)c2cc1Cl)c1ccccn1.c1ccc(CCCCNCc2ccccc2)cc1. The fourth-order valence-corrected chi connectivity index (χ4v) is 7.17. The first-order valence-electron chi connectivity index (χ1n) is 21.6. The zero-order chi connectivity index (χ0) is 46.7. The van der Waals surface area contributed by atoms with E-state index in [1.807, 2.05) is 50.2 Å². The van der Waals surface area contributed by atoms with Gasteiger partial charge in [-0.1, -0.05) is 106 Å². The summed E-state index contributed by atoms with van der Waals surface area (Å²) < 4.78 is 22.3. The Morgan fingerprint density at radius 3 is 1.50 bits per heavy atom. The number of ether oxygens (including phenoxy) is 2. The van der Waals surface area contributed by atoms with Gasteiger partial charge in [0.15, 0.2) is 11.2 Å². The third-order valence-corrected chi connectivity index (χ3v) is 10.8. The molecule has 4 heterocycles. The smallest absolute Gasteiger partial charge is 0.303 e. The van der Waals surface area contributed by atoms with Crippen LogP contribution >= 0.6 is 23.2 Å². The molecule has 8 aromatic rings. The maximum atomic E-state index is 10.7. The molecule has 2 atom stereocenters. The molecule has 0 spiro atoms. The molecule has 0 unspecified atom stereocenters. The van der Waals surface area contributed by atoms with Crippen molar-refractivity contribution in [3.63, 3.8) is 0 Å². The lowest BCUT2D eigenvalue weighted by molar-refractivity contribution is -0.138. The quantitative estimate of drug-likeness (QED) is 0.0652. The summed E-state index contributed by atoms with van der Waals surface area (Å²) in [6.45, 7) is 5.83. The number of carboxylic acid groups (broad SMARTS) is 2. The van der Waals surface area contributed by atoms with Crippen LogP contribution < -0.4 is 14.8 Å². The number of nitrogens with one attached hydrogen (secondary N) is 1. The van der Waals surface area contributed by atoms with Crippen LogP contribution in [0.25, 0.3) is 21.9 Å². The van der Waals surface area contributed by atoms with E-state index in [2.05, 4.69) is 86.3 Å². The Morgan fingerprint density at radius 2 is 1.06 bits per heavy atom. The first-order valence-corrected chi connectivity index (χ1v) is 22.3. The minimum Gasteiger partial charge on any atom is -0.483 e. The minimum absolute atomic E-state index is 0.0196. The first kappa shape index (κ1) is 48.7. The van der Waals surface area contributed by atoms with Crippen LogP contribution in [-0.2, 0) is 35.4 Å². The highest BCUT2D eigenvalue weighted by molar-refractivity contribution is 6.33. The molecule has 0 radical (unpaired) electrons. The van der Waals surface area contributed by atoms with Gasteiger partial charge in [0.05, 0.1) is 45.7 Å². The van der Waals surface area contributed by atoms with Gasteiger partial charge in [-0.3, -0.25) is 19.6 Å². The summed E-state index contributed by atoms with van der Waals surface area (Å²) in [5, 5.41) is 31.1. The summed E-state index contributed by atoms with van der Waals surface area (Å²) >= 11 is 12.6. The number of halogens is 2. The first-order chi connectivity index (χ1) is 32.0. The Balaban J connectivity index is 0.000000166. The van der Waals surface area contributed by atoms with Crippen molar-refractivity contribution in [2.24, 2.45) is 0 Å². The van der Waals surface area contributed by atoms with Gasteiger partial charge < -0.3 is 34.0 Å². The molecule has 4 aromatic carbocycles. The van der Waals surface area contributed by atoms with Crippen molar-refractivity contribution in [3.05, 3.63) is 178 Å². The van der Waals surface area contributed by atoms with Crippen molar-refractivity contribution in [1.29, 1.82) is 0 Å². The summed E-state index contributed by atoms with van der Waals surface area (Å²) in [4.78, 5) is 29.9. The van der Waals surface area contributed by atoms with Crippen molar-refractivity contribution in [1.82, 2.24) is 25.6 Å². The number of carboxylic acids is 2. The molecule has 15 heteroatoms. The number of rotatable bonds is 19. The van der Waals surface area contributed by atoms with Gasteiger partial charge >= 0.3 is 11.9 Å². The van der Waals surface area contributed by atoms with Crippen molar-refractivity contribution in [3.8, 4) is 11.5 Å². The summed E-state index contributed by atoms with van der Waals surface area (Å²) in [7, 11) is 0. The molecule has 342 valence electrons. The molecule has 0 saturated carbocycles. The zero-order valence-electron chi connectivity index (χ0n) is 36.6. The Labute approximate surface area is 392 Å². The Bertz CT molecular complexity index is 2550. The minimum atomic E-state index is -0.888. The number of aryl methyl sites for hydroxylation is 3. The van der Waals surface area contributed by atoms with Crippen molar-refractivity contribution in [2.45, 2.75) is 77.5 Å². The molecule has 66 heavy (non-hydrogen) atoms. The van der Waals surface area contributed by atoms with E-state index in [1.165, 1.54) is 30.4 Å². The Morgan fingerprint density at radius 1 is 0.606 bits per heavy atom. The summed E-state index contributed by atoms with van der Waals surface area (Å²) in [5.41, 5.74) is 6.52. The number of unbranched alkanes of at least 4 members (excludes halogenated alkanes) is 1.